The Labute approximate surface area is 119 Å². The first kappa shape index (κ1) is 14.6. The number of carbonyl (C=O) groups excluding carboxylic acids is 1. The summed E-state index contributed by atoms with van der Waals surface area (Å²) in [5.41, 5.74) is 0.420. The largest absolute Gasteiger partial charge is 0.491 e. The Bertz CT molecular complexity index is 482. The SMILES string of the molecule is C[C@@H]1COc2cccnc2[C@@H]1CNC(=O)OC(C)(C)C. The van der Waals surface area contributed by atoms with Crippen LogP contribution in [0.1, 0.15) is 39.3 Å². The molecule has 1 aromatic heterocycles. The van der Waals surface area contributed by atoms with Gasteiger partial charge in [0.25, 0.3) is 0 Å². The van der Waals surface area contributed by atoms with Crippen LogP contribution in [0, 0.1) is 5.92 Å². The van der Waals surface area contributed by atoms with Gasteiger partial charge in [-0.1, -0.05) is 6.92 Å². The van der Waals surface area contributed by atoms with Crippen molar-refractivity contribution in [3.05, 3.63) is 24.0 Å². The van der Waals surface area contributed by atoms with Crippen LogP contribution in [0.2, 0.25) is 0 Å². The first-order valence-corrected chi connectivity index (χ1v) is 6.91. The molecule has 1 N–H and O–H groups in total. The number of nitrogens with one attached hydrogen (secondary N) is 1. The molecule has 0 aliphatic carbocycles. The molecular weight excluding hydrogens is 256 g/mol. The standard InChI is InChI=1S/C15H22N2O3/c1-10-9-19-12-6-5-7-16-13(12)11(10)8-17-14(18)20-15(2,3)4/h5-7,10-11H,8-9H2,1-4H3,(H,17,18)/t10-,11-/m1/s1. The van der Waals surface area contributed by atoms with Gasteiger partial charge < -0.3 is 14.8 Å². The topological polar surface area (TPSA) is 60.5 Å². The molecule has 1 amide bonds. The van der Waals surface area contributed by atoms with Crippen molar-refractivity contribution in [1.82, 2.24) is 10.3 Å². The van der Waals surface area contributed by atoms with Gasteiger partial charge >= 0.3 is 6.09 Å². The first-order valence-electron chi connectivity index (χ1n) is 6.91. The van der Waals surface area contributed by atoms with Crippen molar-refractivity contribution in [2.75, 3.05) is 13.2 Å². The monoisotopic (exact) mass is 278 g/mol. The van der Waals surface area contributed by atoms with Crippen LogP contribution in [0.4, 0.5) is 4.79 Å². The maximum absolute atomic E-state index is 11.7. The van der Waals surface area contributed by atoms with E-state index in [1.807, 2.05) is 32.9 Å². The van der Waals surface area contributed by atoms with E-state index < -0.39 is 11.7 Å². The third-order valence-corrected chi connectivity index (χ3v) is 3.20. The van der Waals surface area contributed by atoms with Gasteiger partial charge in [0, 0.05) is 24.6 Å². The third kappa shape index (κ3) is 3.62. The summed E-state index contributed by atoms with van der Waals surface area (Å²) in [5, 5.41) is 2.82. The maximum Gasteiger partial charge on any atom is 0.407 e. The molecule has 1 aliphatic heterocycles. The number of aromatic nitrogens is 1. The third-order valence-electron chi connectivity index (χ3n) is 3.20. The zero-order valence-electron chi connectivity index (χ0n) is 12.5. The number of hydrogen-bond donors (Lipinski definition) is 1. The van der Waals surface area contributed by atoms with E-state index >= 15 is 0 Å². The number of carbonyl (C=O) groups is 1. The zero-order chi connectivity index (χ0) is 14.8. The van der Waals surface area contributed by atoms with Gasteiger partial charge in [0.15, 0.2) is 0 Å². The minimum absolute atomic E-state index is 0.146. The number of hydrogen-bond acceptors (Lipinski definition) is 4. The molecular formula is C15H22N2O3. The van der Waals surface area contributed by atoms with Gasteiger partial charge in [-0.3, -0.25) is 4.98 Å². The molecule has 2 rings (SSSR count). The molecule has 0 fully saturated rings. The fourth-order valence-electron chi connectivity index (χ4n) is 2.22. The van der Waals surface area contributed by atoms with Crippen molar-refractivity contribution < 1.29 is 14.3 Å². The molecule has 0 unspecified atom stereocenters. The lowest BCUT2D eigenvalue weighted by Crippen LogP contribution is -2.38. The Kier molecular flexibility index (Phi) is 4.16. The molecule has 0 bridgehead atoms. The smallest absolute Gasteiger partial charge is 0.407 e. The van der Waals surface area contributed by atoms with Crippen LogP contribution in [-0.2, 0) is 4.74 Å². The quantitative estimate of drug-likeness (QED) is 0.903. The van der Waals surface area contributed by atoms with Crippen molar-refractivity contribution >= 4 is 6.09 Å². The van der Waals surface area contributed by atoms with Crippen molar-refractivity contribution in [3.63, 3.8) is 0 Å². The lowest BCUT2D eigenvalue weighted by Gasteiger charge is -2.30. The van der Waals surface area contributed by atoms with Gasteiger partial charge in [-0.05, 0) is 32.9 Å². The molecule has 1 aromatic rings. The number of rotatable bonds is 2. The summed E-state index contributed by atoms with van der Waals surface area (Å²) in [4.78, 5) is 16.1. The van der Waals surface area contributed by atoms with Crippen molar-refractivity contribution in [2.45, 2.75) is 39.2 Å². The van der Waals surface area contributed by atoms with Crippen molar-refractivity contribution in [2.24, 2.45) is 5.92 Å². The average molecular weight is 278 g/mol. The Hall–Kier alpha value is -1.78. The summed E-state index contributed by atoms with van der Waals surface area (Å²) in [5.74, 6) is 1.25. The van der Waals surface area contributed by atoms with Crippen LogP contribution in [0.5, 0.6) is 5.75 Å². The molecule has 0 spiro atoms. The number of alkyl carbamates (subject to hydrolysis) is 1. The molecule has 0 saturated carbocycles. The Morgan fingerprint density at radius 2 is 2.30 bits per heavy atom. The van der Waals surface area contributed by atoms with E-state index in [2.05, 4.69) is 17.2 Å². The van der Waals surface area contributed by atoms with E-state index in [-0.39, 0.29) is 5.92 Å². The van der Waals surface area contributed by atoms with Crippen molar-refractivity contribution in [1.29, 1.82) is 0 Å². The van der Waals surface area contributed by atoms with E-state index in [1.54, 1.807) is 6.20 Å². The number of fused-ring (bicyclic) bond motifs is 1. The maximum atomic E-state index is 11.7. The van der Waals surface area contributed by atoms with E-state index in [0.717, 1.165) is 11.4 Å². The summed E-state index contributed by atoms with van der Waals surface area (Å²) in [6, 6.07) is 3.77. The molecule has 2 heterocycles. The number of pyridine rings is 1. The number of nitrogens with zero attached hydrogens (tertiary/aromatic N) is 1. The fourth-order valence-corrected chi connectivity index (χ4v) is 2.22. The predicted octanol–water partition coefficient (Wildman–Crippen LogP) is 2.72. The summed E-state index contributed by atoms with van der Waals surface area (Å²) in [7, 11) is 0. The van der Waals surface area contributed by atoms with Gasteiger partial charge in [-0.15, -0.1) is 0 Å². The lowest BCUT2D eigenvalue weighted by molar-refractivity contribution is 0.0516. The predicted molar refractivity (Wildman–Crippen MR) is 75.9 cm³/mol. The molecule has 1 aliphatic rings. The van der Waals surface area contributed by atoms with Gasteiger partial charge in [0.2, 0.25) is 0 Å². The molecule has 0 aromatic carbocycles. The van der Waals surface area contributed by atoms with Crippen LogP contribution in [0.25, 0.3) is 0 Å². The van der Waals surface area contributed by atoms with Crippen LogP contribution < -0.4 is 10.1 Å². The highest BCUT2D eigenvalue weighted by Crippen LogP contribution is 2.34. The van der Waals surface area contributed by atoms with Gasteiger partial charge in [0.1, 0.15) is 11.4 Å². The minimum Gasteiger partial charge on any atom is -0.491 e. The molecule has 110 valence electrons. The Balaban J connectivity index is 2.00. The highest BCUT2D eigenvalue weighted by molar-refractivity contribution is 5.67. The van der Waals surface area contributed by atoms with E-state index in [4.69, 9.17) is 9.47 Å². The van der Waals surface area contributed by atoms with E-state index in [1.165, 1.54) is 0 Å². The average Bonchev–Trinajstić information content (AvgIpc) is 2.35. The Morgan fingerprint density at radius 1 is 1.55 bits per heavy atom. The molecule has 5 nitrogen and oxygen atoms in total. The minimum atomic E-state index is -0.485. The lowest BCUT2D eigenvalue weighted by atomic mass is 9.88. The van der Waals surface area contributed by atoms with Gasteiger partial charge in [-0.2, -0.15) is 0 Å². The number of ether oxygens (including phenoxy) is 2. The van der Waals surface area contributed by atoms with E-state index in [9.17, 15) is 4.79 Å². The normalized spacial score (nSPS) is 21.6. The van der Waals surface area contributed by atoms with Crippen LogP contribution in [0.3, 0.4) is 0 Å². The summed E-state index contributed by atoms with van der Waals surface area (Å²) >= 11 is 0. The van der Waals surface area contributed by atoms with Crippen LogP contribution >= 0.6 is 0 Å². The highest BCUT2D eigenvalue weighted by Gasteiger charge is 2.29. The summed E-state index contributed by atoms with van der Waals surface area (Å²) in [6.07, 6.45) is 1.36. The molecule has 5 heteroatoms. The fraction of sp³-hybridized carbons (Fsp3) is 0.600. The Morgan fingerprint density at radius 3 is 3.00 bits per heavy atom. The van der Waals surface area contributed by atoms with Gasteiger partial charge in [0.05, 0.1) is 12.3 Å². The van der Waals surface area contributed by atoms with Crippen LogP contribution in [-0.4, -0.2) is 29.8 Å². The van der Waals surface area contributed by atoms with Crippen LogP contribution in [0.15, 0.2) is 18.3 Å². The zero-order valence-corrected chi connectivity index (χ0v) is 12.5. The highest BCUT2D eigenvalue weighted by atomic mass is 16.6. The number of amides is 1. The molecule has 0 radical (unpaired) electrons. The second-order valence-corrected chi connectivity index (χ2v) is 6.16. The second kappa shape index (κ2) is 5.69. The summed E-state index contributed by atoms with van der Waals surface area (Å²) in [6.45, 7) is 8.78. The van der Waals surface area contributed by atoms with E-state index in [0.29, 0.717) is 19.1 Å². The first-order chi connectivity index (χ1) is 9.37. The van der Waals surface area contributed by atoms with Crippen molar-refractivity contribution in [3.8, 4) is 5.75 Å². The molecule has 0 saturated heterocycles. The second-order valence-electron chi connectivity index (χ2n) is 6.16. The molecule has 20 heavy (non-hydrogen) atoms. The summed E-state index contributed by atoms with van der Waals surface area (Å²) < 4.78 is 10.9. The molecule has 2 atom stereocenters. The van der Waals surface area contributed by atoms with Gasteiger partial charge in [-0.25, -0.2) is 4.79 Å².